The fraction of sp³-hybridized carbons (Fsp3) is 0.167. The number of benzene rings is 2. The van der Waals surface area contributed by atoms with Gasteiger partial charge in [0, 0.05) is 0 Å². The first-order chi connectivity index (χ1) is 9.36. The van der Waals surface area contributed by atoms with Crippen molar-refractivity contribution < 1.29 is 35.8 Å². The van der Waals surface area contributed by atoms with Crippen LogP contribution in [0.25, 0.3) is 10.8 Å². The van der Waals surface area contributed by atoms with Crippen LogP contribution in [0.15, 0.2) is 0 Å². The third-order valence-electron chi connectivity index (χ3n) is 2.72. The van der Waals surface area contributed by atoms with E-state index in [9.17, 15) is 26.3 Å². The Kier molecular flexibility index (Phi) is 3.41. The average Bonchev–Trinajstić information content (AvgIpc) is 2.41. The molecule has 0 amide bonds. The Morgan fingerprint density at radius 2 is 0.800 bits per heavy atom. The second-order valence-electron chi connectivity index (χ2n) is 3.70. The lowest BCUT2D eigenvalue weighted by molar-refractivity contribution is 0.340. The molecular weight excluding hydrogens is 290 g/mol. The van der Waals surface area contributed by atoms with Crippen molar-refractivity contribution in [3.63, 3.8) is 0 Å². The van der Waals surface area contributed by atoms with Crippen LogP contribution in [0.2, 0.25) is 0 Å². The van der Waals surface area contributed by atoms with Gasteiger partial charge in [-0.3, -0.25) is 0 Å². The maximum absolute atomic E-state index is 13.9. The van der Waals surface area contributed by atoms with E-state index in [0.29, 0.717) is 0 Å². The third kappa shape index (κ3) is 1.67. The number of ether oxygens (including phenoxy) is 2. The molecule has 0 unspecified atom stereocenters. The Balaban J connectivity index is 3.15. The van der Waals surface area contributed by atoms with Gasteiger partial charge < -0.3 is 9.47 Å². The minimum atomic E-state index is -1.96. The fourth-order valence-electron chi connectivity index (χ4n) is 1.83. The summed E-state index contributed by atoms with van der Waals surface area (Å²) in [4.78, 5) is 0. The van der Waals surface area contributed by atoms with E-state index in [1.54, 1.807) is 0 Å². The minimum absolute atomic E-state index is 0.807. The Hall–Kier alpha value is -2.12. The largest absolute Gasteiger partial charge is 0.491 e. The average molecular weight is 296 g/mol. The van der Waals surface area contributed by atoms with Crippen LogP contribution in [0.4, 0.5) is 26.3 Å². The summed E-state index contributed by atoms with van der Waals surface area (Å²) in [6, 6.07) is 0. The molecule has 2 aromatic carbocycles. The van der Waals surface area contributed by atoms with E-state index in [1.807, 2.05) is 0 Å². The van der Waals surface area contributed by atoms with Crippen LogP contribution >= 0.6 is 0 Å². The standard InChI is InChI=1S/C12H6F6O2/c1-19-11-7(15)4-3(5(13)9(11)17)6(14)10(18)12(20-2)8(4)16/h1-2H3. The van der Waals surface area contributed by atoms with Gasteiger partial charge >= 0.3 is 0 Å². The van der Waals surface area contributed by atoms with Gasteiger partial charge in [-0.25, -0.2) is 17.6 Å². The van der Waals surface area contributed by atoms with E-state index in [-0.39, 0.29) is 0 Å². The van der Waals surface area contributed by atoms with Crippen LogP contribution in [-0.4, -0.2) is 14.2 Å². The van der Waals surface area contributed by atoms with Crippen LogP contribution in [0.1, 0.15) is 0 Å². The zero-order chi connectivity index (χ0) is 15.2. The number of rotatable bonds is 2. The molecule has 0 aliphatic rings. The van der Waals surface area contributed by atoms with Gasteiger partial charge in [-0.2, -0.15) is 8.78 Å². The molecule has 0 fully saturated rings. The normalized spacial score (nSPS) is 11.0. The van der Waals surface area contributed by atoms with Crippen LogP contribution in [0.5, 0.6) is 11.5 Å². The van der Waals surface area contributed by atoms with Gasteiger partial charge in [-0.15, -0.1) is 0 Å². The lowest BCUT2D eigenvalue weighted by Gasteiger charge is -2.13. The molecule has 108 valence electrons. The zero-order valence-corrected chi connectivity index (χ0v) is 10.1. The van der Waals surface area contributed by atoms with Crippen LogP contribution in [0, 0.1) is 34.9 Å². The number of fused-ring (bicyclic) bond motifs is 1. The summed E-state index contributed by atoms with van der Waals surface area (Å²) >= 11 is 0. The van der Waals surface area contributed by atoms with E-state index < -0.39 is 57.2 Å². The summed E-state index contributed by atoms with van der Waals surface area (Å²) in [5, 5.41) is -2.78. The molecule has 0 N–H and O–H groups in total. The minimum Gasteiger partial charge on any atom is -0.491 e. The molecule has 20 heavy (non-hydrogen) atoms. The highest BCUT2D eigenvalue weighted by atomic mass is 19.2. The van der Waals surface area contributed by atoms with Gasteiger partial charge in [0.05, 0.1) is 25.0 Å². The Bertz CT molecular complexity index is 657. The van der Waals surface area contributed by atoms with Crippen molar-refractivity contribution in [1.29, 1.82) is 0 Å². The molecule has 0 spiro atoms. The first kappa shape index (κ1) is 14.3. The summed E-state index contributed by atoms with van der Waals surface area (Å²) in [6.07, 6.45) is 0. The Morgan fingerprint density at radius 3 is 1.10 bits per heavy atom. The Labute approximate surface area is 108 Å². The SMILES string of the molecule is COc1c(F)c(F)c2c(F)c(F)c(OC)c(F)c2c1F. The second-order valence-corrected chi connectivity index (χ2v) is 3.70. The molecule has 0 saturated heterocycles. The topological polar surface area (TPSA) is 18.5 Å². The number of methoxy groups -OCH3 is 2. The molecule has 0 bridgehead atoms. The van der Waals surface area contributed by atoms with Crippen molar-refractivity contribution >= 4 is 10.8 Å². The van der Waals surface area contributed by atoms with Crippen LogP contribution in [0.3, 0.4) is 0 Å². The molecule has 0 aliphatic heterocycles. The molecular formula is C12H6F6O2. The maximum atomic E-state index is 13.9. The van der Waals surface area contributed by atoms with Crippen molar-refractivity contribution in [2.45, 2.75) is 0 Å². The maximum Gasteiger partial charge on any atom is 0.204 e. The molecule has 2 rings (SSSR count). The number of halogens is 6. The van der Waals surface area contributed by atoms with E-state index in [4.69, 9.17) is 0 Å². The quantitative estimate of drug-likeness (QED) is 0.621. The summed E-state index contributed by atoms with van der Waals surface area (Å²) < 4.78 is 90.4. The zero-order valence-electron chi connectivity index (χ0n) is 10.1. The Morgan fingerprint density at radius 1 is 0.500 bits per heavy atom. The summed E-state index contributed by atoms with van der Waals surface area (Å²) in [5.41, 5.74) is 0. The molecule has 0 radical (unpaired) electrons. The fourth-order valence-corrected chi connectivity index (χ4v) is 1.83. The molecule has 0 aromatic heterocycles. The molecule has 0 saturated carbocycles. The highest BCUT2D eigenvalue weighted by Gasteiger charge is 2.31. The molecule has 0 aliphatic carbocycles. The second kappa shape index (κ2) is 4.77. The number of hydrogen-bond acceptors (Lipinski definition) is 2. The van der Waals surface area contributed by atoms with Gasteiger partial charge in [0.25, 0.3) is 0 Å². The van der Waals surface area contributed by atoms with E-state index >= 15 is 0 Å². The lowest BCUT2D eigenvalue weighted by Crippen LogP contribution is -2.05. The van der Waals surface area contributed by atoms with Gasteiger partial charge in [0.15, 0.2) is 34.8 Å². The number of hydrogen-bond donors (Lipinski definition) is 0. The van der Waals surface area contributed by atoms with E-state index in [1.165, 1.54) is 0 Å². The van der Waals surface area contributed by atoms with Crippen molar-refractivity contribution in [1.82, 2.24) is 0 Å². The highest BCUT2D eigenvalue weighted by Crippen LogP contribution is 2.40. The van der Waals surface area contributed by atoms with E-state index in [2.05, 4.69) is 9.47 Å². The van der Waals surface area contributed by atoms with Crippen molar-refractivity contribution in [2.75, 3.05) is 14.2 Å². The van der Waals surface area contributed by atoms with Crippen LogP contribution in [-0.2, 0) is 0 Å². The predicted octanol–water partition coefficient (Wildman–Crippen LogP) is 3.69. The van der Waals surface area contributed by atoms with Gasteiger partial charge in [-0.05, 0) is 0 Å². The van der Waals surface area contributed by atoms with Crippen molar-refractivity contribution in [3.05, 3.63) is 34.9 Å². The van der Waals surface area contributed by atoms with Gasteiger partial charge in [-0.1, -0.05) is 0 Å². The van der Waals surface area contributed by atoms with Gasteiger partial charge in [0.2, 0.25) is 11.6 Å². The van der Waals surface area contributed by atoms with Crippen molar-refractivity contribution in [3.8, 4) is 11.5 Å². The highest BCUT2D eigenvalue weighted by molar-refractivity contribution is 5.88. The summed E-state index contributed by atoms with van der Waals surface area (Å²) in [7, 11) is 1.61. The van der Waals surface area contributed by atoms with Crippen LogP contribution < -0.4 is 9.47 Å². The monoisotopic (exact) mass is 296 g/mol. The molecule has 2 nitrogen and oxygen atoms in total. The van der Waals surface area contributed by atoms with Crippen molar-refractivity contribution in [2.24, 2.45) is 0 Å². The first-order valence-electron chi connectivity index (χ1n) is 5.11. The van der Waals surface area contributed by atoms with Gasteiger partial charge in [0.1, 0.15) is 0 Å². The summed E-state index contributed by atoms with van der Waals surface area (Å²) in [5.74, 6) is -13.6. The predicted molar refractivity (Wildman–Crippen MR) is 56.8 cm³/mol. The molecule has 8 heteroatoms. The third-order valence-corrected chi connectivity index (χ3v) is 2.72. The molecule has 2 aromatic rings. The smallest absolute Gasteiger partial charge is 0.204 e. The van der Waals surface area contributed by atoms with E-state index in [0.717, 1.165) is 14.2 Å². The first-order valence-corrected chi connectivity index (χ1v) is 5.11. The molecule has 0 atom stereocenters. The summed E-state index contributed by atoms with van der Waals surface area (Å²) in [6.45, 7) is 0. The lowest BCUT2D eigenvalue weighted by atomic mass is 10.1. The molecule has 0 heterocycles.